The minimum absolute atomic E-state index is 0.0956. The molecule has 7 nitrogen and oxygen atoms in total. The van der Waals surface area contributed by atoms with Crippen LogP contribution in [-0.4, -0.2) is 26.2 Å². The first-order valence-electron chi connectivity index (χ1n) is 7.25. The smallest absolute Gasteiger partial charge is 0.261 e. The summed E-state index contributed by atoms with van der Waals surface area (Å²) in [5.41, 5.74) is 0.448. The van der Waals surface area contributed by atoms with Crippen LogP contribution in [0.4, 0.5) is 5.13 Å². The predicted molar refractivity (Wildman–Crippen MR) is 91.4 cm³/mol. The third-order valence-electron chi connectivity index (χ3n) is 3.41. The number of fused-ring (bicyclic) bond motifs is 1. The summed E-state index contributed by atoms with van der Waals surface area (Å²) in [6, 6.07) is 7.07. The van der Waals surface area contributed by atoms with Crippen molar-refractivity contribution in [3.63, 3.8) is 0 Å². The van der Waals surface area contributed by atoms with Crippen molar-refractivity contribution in [1.82, 2.24) is 14.5 Å². The van der Waals surface area contributed by atoms with Gasteiger partial charge >= 0.3 is 0 Å². The lowest BCUT2D eigenvalue weighted by molar-refractivity contribution is -0.116. The van der Waals surface area contributed by atoms with Gasteiger partial charge in [0.2, 0.25) is 5.91 Å². The van der Waals surface area contributed by atoms with Crippen LogP contribution in [0.15, 0.2) is 41.6 Å². The van der Waals surface area contributed by atoms with E-state index in [2.05, 4.69) is 15.3 Å². The summed E-state index contributed by atoms with van der Waals surface area (Å²) in [4.78, 5) is 44.2. The Balaban J connectivity index is 1.67. The van der Waals surface area contributed by atoms with Gasteiger partial charge in [-0.1, -0.05) is 23.5 Å². The molecule has 0 atom stereocenters. The number of anilines is 1. The molecule has 0 saturated heterocycles. The van der Waals surface area contributed by atoms with Gasteiger partial charge in [0, 0.05) is 19.9 Å². The highest BCUT2D eigenvalue weighted by Gasteiger charge is 2.10. The van der Waals surface area contributed by atoms with Gasteiger partial charge in [-0.25, -0.2) is 9.97 Å². The second kappa shape index (κ2) is 6.71. The number of nitrogens with zero attached hydrogens (tertiary/aromatic N) is 3. The normalized spacial score (nSPS) is 10.7. The van der Waals surface area contributed by atoms with Gasteiger partial charge in [-0.05, 0) is 12.1 Å². The molecule has 0 bridgehead atoms. The fourth-order valence-electron chi connectivity index (χ4n) is 2.16. The van der Waals surface area contributed by atoms with Crippen molar-refractivity contribution >= 4 is 39.1 Å². The van der Waals surface area contributed by atoms with Crippen molar-refractivity contribution in [3.05, 3.63) is 52.0 Å². The number of hydrogen-bond acceptors (Lipinski definition) is 6. The van der Waals surface area contributed by atoms with Gasteiger partial charge in [0.05, 0.1) is 28.3 Å². The molecule has 0 radical (unpaired) electrons. The average molecular weight is 342 g/mol. The highest BCUT2D eigenvalue weighted by Crippen LogP contribution is 2.18. The highest BCUT2D eigenvalue weighted by atomic mass is 32.1. The monoisotopic (exact) mass is 342 g/mol. The van der Waals surface area contributed by atoms with E-state index >= 15 is 0 Å². The summed E-state index contributed by atoms with van der Waals surface area (Å²) in [6.07, 6.45) is 2.98. The Morgan fingerprint density at radius 3 is 2.79 bits per heavy atom. The summed E-state index contributed by atoms with van der Waals surface area (Å²) < 4.78 is 1.41. The molecule has 1 aromatic carbocycles. The standard InChI is InChI=1S/C16H14N4O3S/c1-10(21)13-8-17-16(24-13)19-14(22)6-7-20-9-18-12-5-3-2-4-11(12)15(20)23/h2-5,8-9H,6-7H2,1H3,(H,17,19,22). The number of amides is 1. The zero-order valence-corrected chi connectivity index (χ0v) is 13.7. The average Bonchev–Trinajstić information content (AvgIpc) is 3.03. The summed E-state index contributed by atoms with van der Waals surface area (Å²) >= 11 is 1.12. The molecule has 8 heteroatoms. The van der Waals surface area contributed by atoms with Crippen molar-refractivity contribution in [2.75, 3.05) is 5.32 Å². The van der Waals surface area contributed by atoms with E-state index in [-0.39, 0.29) is 30.2 Å². The third kappa shape index (κ3) is 3.38. The van der Waals surface area contributed by atoms with Gasteiger partial charge in [-0.3, -0.25) is 19.0 Å². The summed E-state index contributed by atoms with van der Waals surface area (Å²) in [5.74, 6) is -0.374. The van der Waals surface area contributed by atoms with E-state index in [1.54, 1.807) is 18.2 Å². The van der Waals surface area contributed by atoms with Crippen LogP contribution in [0, 0.1) is 0 Å². The molecule has 3 rings (SSSR count). The SMILES string of the molecule is CC(=O)c1cnc(NC(=O)CCn2cnc3ccccc3c2=O)s1. The molecule has 0 aliphatic heterocycles. The zero-order chi connectivity index (χ0) is 17.1. The summed E-state index contributed by atoms with van der Waals surface area (Å²) in [7, 11) is 0. The second-order valence-corrected chi connectivity index (χ2v) is 6.17. The maximum Gasteiger partial charge on any atom is 0.261 e. The molecular weight excluding hydrogens is 328 g/mol. The molecule has 122 valence electrons. The second-order valence-electron chi connectivity index (χ2n) is 5.14. The fourth-order valence-corrected chi connectivity index (χ4v) is 2.89. The number of rotatable bonds is 5. The Bertz CT molecular complexity index is 977. The Labute approximate surface area is 141 Å². The minimum Gasteiger partial charge on any atom is -0.302 e. The van der Waals surface area contributed by atoms with E-state index in [4.69, 9.17) is 0 Å². The summed E-state index contributed by atoms with van der Waals surface area (Å²) in [6.45, 7) is 1.66. The molecule has 0 aliphatic rings. The van der Waals surface area contributed by atoms with Crippen LogP contribution in [0.25, 0.3) is 10.9 Å². The molecule has 0 aliphatic carbocycles. The van der Waals surface area contributed by atoms with Crippen molar-refractivity contribution in [2.24, 2.45) is 0 Å². The molecule has 1 N–H and O–H groups in total. The first-order valence-corrected chi connectivity index (χ1v) is 8.07. The quantitative estimate of drug-likeness (QED) is 0.717. The van der Waals surface area contributed by atoms with Gasteiger partial charge in [0.1, 0.15) is 0 Å². The molecule has 0 fully saturated rings. The molecule has 0 unspecified atom stereocenters. The first kappa shape index (κ1) is 16.0. The maximum absolute atomic E-state index is 12.3. The Kier molecular flexibility index (Phi) is 4.48. The fraction of sp³-hybridized carbons (Fsp3) is 0.188. The topological polar surface area (TPSA) is 93.9 Å². The van der Waals surface area contributed by atoms with Crippen molar-refractivity contribution < 1.29 is 9.59 Å². The van der Waals surface area contributed by atoms with Crippen molar-refractivity contribution in [1.29, 1.82) is 0 Å². The maximum atomic E-state index is 12.3. The molecule has 2 heterocycles. The molecule has 1 amide bonds. The van der Waals surface area contributed by atoms with E-state index < -0.39 is 0 Å². The number of ketones is 1. The highest BCUT2D eigenvalue weighted by molar-refractivity contribution is 7.17. The number of Topliss-reactive ketones (excluding diaryl/α,β-unsaturated/α-hetero) is 1. The van der Waals surface area contributed by atoms with Crippen LogP contribution in [0.1, 0.15) is 23.0 Å². The number of benzene rings is 1. The van der Waals surface area contributed by atoms with Crippen LogP contribution < -0.4 is 10.9 Å². The number of carbonyl (C=O) groups excluding carboxylic acids is 2. The van der Waals surface area contributed by atoms with Gasteiger partial charge < -0.3 is 5.32 Å². The molecule has 24 heavy (non-hydrogen) atoms. The Hall–Kier alpha value is -2.87. The molecule has 0 spiro atoms. The number of thiazole rings is 1. The van der Waals surface area contributed by atoms with E-state index in [0.717, 1.165) is 11.3 Å². The van der Waals surface area contributed by atoms with E-state index in [1.807, 2.05) is 6.07 Å². The Morgan fingerprint density at radius 2 is 2.04 bits per heavy atom. The largest absolute Gasteiger partial charge is 0.302 e. The van der Waals surface area contributed by atoms with E-state index in [9.17, 15) is 14.4 Å². The van der Waals surface area contributed by atoms with Gasteiger partial charge in [0.25, 0.3) is 5.56 Å². The van der Waals surface area contributed by atoms with Gasteiger partial charge in [-0.2, -0.15) is 0 Å². The molecule has 0 saturated carbocycles. The van der Waals surface area contributed by atoms with E-state index in [0.29, 0.717) is 20.9 Å². The van der Waals surface area contributed by atoms with Crippen molar-refractivity contribution in [3.8, 4) is 0 Å². The first-order chi connectivity index (χ1) is 11.5. The number of para-hydroxylation sites is 1. The molecule has 3 aromatic rings. The lowest BCUT2D eigenvalue weighted by Gasteiger charge is -2.06. The molecule has 2 aromatic heterocycles. The zero-order valence-electron chi connectivity index (χ0n) is 12.9. The number of aromatic nitrogens is 3. The lowest BCUT2D eigenvalue weighted by Crippen LogP contribution is -2.23. The predicted octanol–water partition coefficient (Wildman–Crippen LogP) is 2.08. The van der Waals surface area contributed by atoms with Crippen LogP contribution >= 0.6 is 11.3 Å². The Morgan fingerprint density at radius 1 is 1.25 bits per heavy atom. The van der Waals surface area contributed by atoms with Gasteiger partial charge in [-0.15, -0.1) is 0 Å². The van der Waals surface area contributed by atoms with Crippen LogP contribution in [0.5, 0.6) is 0 Å². The number of hydrogen-bond donors (Lipinski definition) is 1. The molecular formula is C16H14N4O3S. The third-order valence-corrected chi connectivity index (χ3v) is 4.42. The van der Waals surface area contributed by atoms with Gasteiger partial charge in [0.15, 0.2) is 10.9 Å². The number of aryl methyl sites for hydroxylation is 1. The summed E-state index contributed by atoms with van der Waals surface area (Å²) in [5, 5.41) is 3.51. The van der Waals surface area contributed by atoms with Crippen LogP contribution in [-0.2, 0) is 11.3 Å². The van der Waals surface area contributed by atoms with E-state index in [1.165, 1.54) is 24.0 Å². The number of nitrogens with one attached hydrogen (secondary N) is 1. The number of carbonyl (C=O) groups is 2. The minimum atomic E-state index is -0.278. The van der Waals surface area contributed by atoms with Crippen LogP contribution in [0.2, 0.25) is 0 Å². The lowest BCUT2D eigenvalue weighted by atomic mass is 10.2. The van der Waals surface area contributed by atoms with Crippen LogP contribution in [0.3, 0.4) is 0 Å². The van der Waals surface area contributed by atoms with Crippen molar-refractivity contribution in [2.45, 2.75) is 19.9 Å².